The summed E-state index contributed by atoms with van der Waals surface area (Å²) in [5.41, 5.74) is 2.24. The fourth-order valence-electron chi connectivity index (χ4n) is 2.28. The standard InChI is InChI=1S/C15H18O4/c1-5-6-9(2)14-10-7-12(17-3)13(18-4)8-11(10)15(16)19-14/h7-8,14H,2,5-6H2,1,3-4H3. The predicted molar refractivity (Wildman–Crippen MR) is 71.8 cm³/mol. The zero-order valence-electron chi connectivity index (χ0n) is 11.5. The Bertz CT molecular complexity index is 519. The molecule has 1 aliphatic heterocycles. The fourth-order valence-corrected chi connectivity index (χ4v) is 2.28. The number of cyclic esters (lactones) is 1. The van der Waals surface area contributed by atoms with Gasteiger partial charge in [-0.15, -0.1) is 0 Å². The van der Waals surface area contributed by atoms with Gasteiger partial charge in [-0.3, -0.25) is 0 Å². The Morgan fingerprint density at radius 1 is 1.32 bits per heavy atom. The zero-order valence-corrected chi connectivity index (χ0v) is 11.5. The highest BCUT2D eigenvalue weighted by molar-refractivity contribution is 5.95. The van der Waals surface area contributed by atoms with Crippen LogP contribution in [0.4, 0.5) is 0 Å². The van der Waals surface area contributed by atoms with Crippen molar-refractivity contribution < 1.29 is 19.0 Å². The van der Waals surface area contributed by atoms with Crippen LogP contribution in [-0.2, 0) is 4.74 Å². The van der Waals surface area contributed by atoms with E-state index < -0.39 is 0 Å². The first kappa shape index (κ1) is 13.5. The largest absolute Gasteiger partial charge is 0.493 e. The van der Waals surface area contributed by atoms with Crippen LogP contribution >= 0.6 is 0 Å². The van der Waals surface area contributed by atoms with E-state index in [0.29, 0.717) is 17.1 Å². The van der Waals surface area contributed by atoms with Gasteiger partial charge in [0.15, 0.2) is 11.5 Å². The van der Waals surface area contributed by atoms with Crippen LogP contribution in [0.25, 0.3) is 0 Å². The normalized spacial score (nSPS) is 16.8. The molecule has 4 nitrogen and oxygen atoms in total. The molecule has 1 atom stereocenters. The van der Waals surface area contributed by atoms with Gasteiger partial charge in [0.25, 0.3) is 0 Å². The van der Waals surface area contributed by atoms with Crippen molar-refractivity contribution in [2.45, 2.75) is 25.9 Å². The lowest BCUT2D eigenvalue weighted by Gasteiger charge is -2.14. The highest BCUT2D eigenvalue weighted by Gasteiger charge is 2.34. The van der Waals surface area contributed by atoms with Crippen molar-refractivity contribution in [1.29, 1.82) is 0 Å². The Balaban J connectivity index is 2.45. The molecule has 2 rings (SSSR count). The molecule has 0 N–H and O–H groups in total. The maximum Gasteiger partial charge on any atom is 0.339 e. The molecule has 1 aliphatic rings. The summed E-state index contributed by atoms with van der Waals surface area (Å²) in [4.78, 5) is 11.9. The second-order valence-electron chi connectivity index (χ2n) is 4.49. The topological polar surface area (TPSA) is 44.8 Å². The Morgan fingerprint density at radius 2 is 1.95 bits per heavy atom. The van der Waals surface area contributed by atoms with E-state index in [-0.39, 0.29) is 12.1 Å². The molecule has 102 valence electrons. The van der Waals surface area contributed by atoms with Gasteiger partial charge in [0.1, 0.15) is 6.10 Å². The molecule has 0 aromatic heterocycles. The van der Waals surface area contributed by atoms with Crippen molar-refractivity contribution in [3.05, 3.63) is 35.4 Å². The number of fused-ring (bicyclic) bond motifs is 1. The molecular weight excluding hydrogens is 244 g/mol. The first-order chi connectivity index (χ1) is 9.12. The van der Waals surface area contributed by atoms with E-state index in [9.17, 15) is 4.79 Å². The van der Waals surface area contributed by atoms with Gasteiger partial charge >= 0.3 is 5.97 Å². The van der Waals surface area contributed by atoms with E-state index in [1.165, 1.54) is 7.11 Å². The van der Waals surface area contributed by atoms with Crippen molar-refractivity contribution in [3.8, 4) is 11.5 Å². The highest BCUT2D eigenvalue weighted by atomic mass is 16.5. The lowest BCUT2D eigenvalue weighted by molar-refractivity contribution is 0.0444. The van der Waals surface area contributed by atoms with E-state index in [4.69, 9.17) is 14.2 Å². The van der Waals surface area contributed by atoms with E-state index in [1.807, 2.05) is 0 Å². The first-order valence-electron chi connectivity index (χ1n) is 6.26. The minimum absolute atomic E-state index is 0.335. The molecule has 4 heteroatoms. The molecular formula is C15H18O4. The van der Waals surface area contributed by atoms with Crippen LogP contribution in [0, 0.1) is 0 Å². The van der Waals surface area contributed by atoms with Gasteiger partial charge in [-0.1, -0.05) is 19.9 Å². The molecule has 0 saturated carbocycles. The van der Waals surface area contributed by atoms with Gasteiger partial charge in [0.05, 0.1) is 19.8 Å². The average molecular weight is 262 g/mol. The predicted octanol–water partition coefficient (Wildman–Crippen LogP) is 3.27. The maximum absolute atomic E-state index is 11.9. The Labute approximate surface area is 113 Å². The second kappa shape index (κ2) is 5.34. The summed E-state index contributed by atoms with van der Waals surface area (Å²) < 4.78 is 15.9. The lowest BCUT2D eigenvalue weighted by atomic mass is 9.97. The molecule has 0 saturated heterocycles. The van der Waals surface area contributed by atoms with Crippen molar-refractivity contribution in [2.75, 3.05) is 14.2 Å². The number of hydrogen-bond donors (Lipinski definition) is 0. The molecule has 0 aliphatic carbocycles. The van der Waals surface area contributed by atoms with Crippen molar-refractivity contribution in [2.24, 2.45) is 0 Å². The monoisotopic (exact) mass is 262 g/mol. The number of rotatable bonds is 5. The van der Waals surface area contributed by atoms with Crippen LogP contribution in [0.2, 0.25) is 0 Å². The van der Waals surface area contributed by atoms with Gasteiger partial charge in [-0.2, -0.15) is 0 Å². The smallest absolute Gasteiger partial charge is 0.339 e. The number of esters is 1. The molecule has 0 spiro atoms. The van der Waals surface area contributed by atoms with E-state index in [0.717, 1.165) is 24.0 Å². The first-order valence-corrected chi connectivity index (χ1v) is 6.26. The minimum Gasteiger partial charge on any atom is -0.493 e. The highest BCUT2D eigenvalue weighted by Crippen LogP contribution is 2.42. The summed E-state index contributed by atoms with van der Waals surface area (Å²) in [6, 6.07) is 3.46. The van der Waals surface area contributed by atoms with Crippen LogP contribution < -0.4 is 9.47 Å². The van der Waals surface area contributed by atoms with E-state index in [2.05, 4.69) is 13.5 Å². The Kier molecular flexibility index (Phi) is 3.79. The van der Waals surface area contributed by atoms with Gasteiger partial charge in [-0.05, 0) is 24.1 Å². The van der Waals surface area contributed by atoms with E-state index >= 15 is 0 Å². The molecule has 19 heavy (non-hydrogen) atoms. The molecule has 0 bridgehead atoms. The number of carbonyl (C=O) groups is 1. The van der Waals surface area contributed by atoms with Crippen LogP contribution in [0.3, 0.4) is 0 Å². The summed E-state index contributed by atoms with van der Waals surface area (Å²) in [5, 5.41) is 0. The number of hydrogen-bond acceptors (Lipinski definition) is 4. The summed E-state index contributed by atoms with van der Waals surface area (Å²) in [6.45, 7) is 6.08. The van der Waals surface area contributed by atoms with Crippen LogP contribution in [0.15, 0.2) is 24.3 Å². The maximum atomic E-state index is 11.9. The third-order valence-electron chi connectivity index (χ3n) is 3.22. The summed E-state index contributed by atoms with van der Waals surface area (Å²) in [6.07, 6.45) is 1.42. The number of carbonyl (C=O) groups excluding carboxylic acids is 1. The Morgan fingerprint density at radius 3 is 2.53 bits per heavy atom. The van der Waals surface area contributed by atoms with Crippen molar-refractivity contribution >= 4 is 5.97 Å². The molecule has 0 radical (unpaired) electrons. The second-order valence-corrected chi connectivity index (χ2v) is 4.49. The molecule has 0 amide bonds. The zero-order chi connectivity index (χ0) is 14.0. The summed E-state index contributed by atoms with van der Waals surface area (Å²) in [5.74, 6) is 0.784. The average Bonchev–Trinajstić information content (AvgIpc) is 2.74. The van der Waals surface area contributed by atoms with Crippen LogP contribution in [-0.4, -0.2) is 20.2 Å². The van der Waals surface area contributed by atoms with Gasteiger partial charge in [0, 0.05) is 5.56 Å². The molecule has 1 aromatic rings. The lowest BCUT2D eigenvalue weighted by Crippen LogP contribution is -2.01. The molecule has 1 unspecified atom stereocenters. The van der Waals surface area contributed by atoms with Gasteiger partial charge in [-0.25, -0.2) is 4.79 Å². The van der Waals surface area contributed by atoms with Crippen molar-refractivity contribution in [1.82, 2.24) is 0 Å². The quantitative estimate of drug-likeness (QED) is 0.603. The minimum atomic E-state index is -0.373. The van der Waals surface area contributed by atoms with E-state index in [1.54, 1.807) is 19.2 Å². The third kappa shape index (κ3) is 2.30. The Hall–Kier alpha value is -1.97. The fraction of sp³-hybridized carbons (Fsp3) is 0.400. The summed E-state index contributed by atoms with van der Waals surface area (Å²) in [7, 11) is 3.11. The number of benzene rings is 1. The summed E-state index contributed by atoms with van der Waals surface area (Å²) >= 11 is 0. The van der Waals surface area contributed by atoms with Crippen LogP contribution in [0.1, 0.15) is 41.8 Å². The van der Waals surface area contributed by atoms with Gasteiger partial charge in [0.2, 0.25) is 0 Å². The van der Waals surface area contributed by atoms with Gasteiger partial charge < -0.3 is 14.2 Å². The van der Waals surface area contributed by atoms with Crippen molar-refractivity contribution in [3.63, 3.8) is 0 Å². The number of methoxy groups -OCH3 is 2. The molecule has 1 heterocycles. The third-order valence-corrected chi connectivity index (χ3v) is 3.22. The number of ether oxygens (including phenoxy) is 3. The molecule has 0 fully saturated rings. The van der Waals surface area contributed by atoms with Crippen LogP contribution in [0.5, 0.6) is 11.5 Å². The SMILES string of the molecule is C=C(CCC)C1OC(=O)c2cc(OC)c(OC)cc21. The molecule has 1 aromatic carbocycles.